The van der Waals surface area contributed by atoms with Crippen LogP contribution in [0.1, 0.15) is 49.1 Å². The van der Waals surface area contributed by atoms with Gasteiger partial charge in [-0.25, -0.2) is 28.7 Å². The van der Waals surface area contributed by atoms with E-state index in [1.165, 1.54) is 18.2 Å². The van der Waals surface area contributed by atoms with Crippen molar-refractivity contribution in [2.24, 2.45) is 11.7 Å². The van der Waals surface area contributed by atoms with E-state index < -0.39 is 21.8 Å². The normalized spacial score (nSPS) is 18.5. The zero-order valence-electron chi connectivity index (χ0n) is 27.1. The Hall–Kier alpha value is -3.98. The minimum absolute atomic E-state index is 0.0666. The SMILES string of the molecule is Cc1ccc(S(=O)(=O)O)cc1.N[C@H]1CN(c2ncc(OCCCC3CCN(c4ncc(Cl)cn4)CC3)cn2)CC[C@@H]1c1cc(F)ccc1F. The van der Waals surface area contributed by atoms with Gasteiger partial charge in [0.15, 0.2) is 5.75 Å². The van der Waals surface area contributed by atoms with E-state index in [-0.39, 0.29) is 16.9 Å². The smallest absolute Gasteiger partial charge is 0.294 e. The fraction of sp³-hybridized carbons (Fsp3) is 0.412. The molecular formula is C34H40ClF2N7O4S. The van der Waals surface area contributed by atoms with Gasteiger partial charge in [-0.15, -0.1) is 0 Å². The fourth-order valence-corrected chi connectivity index (χ4v) is 6.64. The number of hydrogen-bond donors (Lipinski definition) is 2. The first-order valence-corrected chi connectivity index (χ1v) is 17.9. The maximum atomic E-state index is 14.2. The highest BCUT2D eigenvalue weighted by atomic mass is 35.5. The molecule has 15 heteroatoms. The van der Waals surface area contributed by atoms with Crippen molar-refractivity contribution in [3.63, 3.8) is 0 Å². The van der Waals surface area contributed by atoms with Crippen molar-refractivity contribution in [2.75, 3.05) is 42.6 Å². The van der Waals surface area contributed by atoms with Gasteiger partial charge in [0.2, 0.25) is 11.9 Å². The van der Waals surface area contributed by atoms with Crippen LogP contribution in [0.15, 0.2) is 72.1 Å². The molecular weight excluding hydrogens is 676 g/mol. The molecule has 2 aromatic heterocycles. The fourth-order valence-electron chi connectivity index (χ4n) is 6.06. The van der Waals surface area contributed by atoms with Gasteiger partial charge < -0.3 is 20.3 Å². The topological polar surface area (TPSA) is 148 Å². The molecule has 2 fully saturated rings. The third-order valence-electron chi connectivity index (χ3n) is 8.76. The molecule has 2 aliphatic heterocycles. The third kappa shape index (κ3) is 10.3. The molecule has 0 radical (unpaired) electrons. The summed E-state index contributed by atoms with van der Waals surface area (Å²) in [7, 11) is -4.02. The second-order valence-electron chi connectivity index (χ2n) is 12.3. The Morgan fingerprint density at radius 2 is 1.53 bits per heavy atom. The molecule has 0 unspecified atom stereocenters. The van der Waals surface area contributed by atoms with Crippen molar-refractivity contribution in [1.82, 2.24) is 19.9 Å². The second-order valence-corrected chi connectivity index (χ2v) is 14.2. The van der Waals surface area contributed by atoms with Crippen LogP contribution in [0.25, 0.3) is 0 Å². The third-order valence-corrected chi connectivity index (χ3v) is 9.82. The first-order valence-electron chi connectivity index (χ1n) is 16.1. The van der Waals surface area contributed by atoms with Crippen molar-refractivity contribution in [3.8, 4) is 5.75 Å². The van der Waals surface area contributed by atoms with E-state index in [1.54, 1.807) is 36.9 Å². The number of anilines is 2. The standard InChI is InChI=1S/C27H32ClF2N7O.C7H8O3S/c28-19-13-32-26(33-14-19)36-8-5-18(6-9-36)2-1-11-38-21-15-34-27(35-16-21)37-10-7-22(25(31)17-37)23-12-20(29)3-4-24(23)30;1-6-2-4-7(5-3-6)11(8,9)10/h3-4,12-16,18,22,25H,1-2,5-11,17,31H2;2-5H,1H3,(H,8,9,10)/t22-,25+;/m1./s1. The molecule has 49 heavy (non-hydrogen) atoms. The number of benzene rings is 2. The second kappa shape index (κ2) is 16.6. The highest BCUT2D eigenvalue weighted by Gasteiger charge is 2.31. The molecule has 6 rings (SSSR count). The predicted molar refractivity (Wildman–Crippen MR) is 184 cm³/mol. The van der Waals surface area contributed by atoms with Crippen LogP contribution in [-0.2, 0) is 10.1 Å². The first kappa shape index (κ1) is 36.3. The van der Waals surface area contributed by atoms with Gasteiger partial charge in [0.25, 0.3) is 10.1 Å². The zero-order valence-corrected chi connectivity index (χ0v) is 28.7. The van der Waals surface area contributed by atoms with Gasteiger partial charge in [-0.2, -0.15) is 8.42 Å². The Morgan fingerprint density at radius 1 is 0.918 bits per heavy atom. The summed E-state index contributed by atoms with van der Waals surface area (Å²) in [5, 5.41) is 0.549. The molecule has 0 aliphatic carbocycles. The van der Waals surface area contributed by atoms with Crippen LogP contribution in [0.5, 0.6) is 5.75 Å². The Labute approximate surface area is 290 Å². The molecule has 4 aromatic rings. The van der Waals surface area contributed by atoms with Crippen molar-refractivity contribution in [2.45, 2.75) is 55.9 Å². The molecule has 262 valence electrons. The van der Waals surface area contributed by atoms with E-state index in [0.29, 0.717) is 54.3 Å². The Balaban J connectivity index is 0.000000363. The largest absolute Gasteiger partial charge is 0.490 e. The van der Waals surface area contributed by atoms with E-state index in [9.17, 15) is 17.2 Å². The first-order chi connectivity index (χ1) is 23.5. The Kier molecular flexibility index (Phi) is 12.3. The summed E-state index contributed by atoms with van der Waals surface area (Å²) in [6.45, 7) is 5.41. The van der Waals surface area contributed by atoms with E-state index >= 15 is 0 Å². The number of aromatic nitrogens is 4. The number of ether oxygens (including phenoxy) is 1. The predicted octanol–water partition coefficient (Wildman–Crippen LogP) is 5.84. The number of aryl methyl sites for hydroxylation is 1. The molecule has 2 aliphatic rings. The summed E-state index contributed by atoms with van der Waals surface area (Å²) in [6.07, 6.45) is 11.5. The van der Waals surface area contributed by atoms with Gasteiger partial charge in [-0.05, 0) is 80.8 Å². The van der Waals surface area contributed by atoms with Crippen molar-refractivity contribution in [1.29, 1.82) is 0 Å². The summed E-state index contributed by atoms with van der Waals surface area (Å²) < 4.78 is 63.3. The monoisotopic (exact) mass is 715 g/mol. The zero-order chi connectivity index (χ0) is 35.0. The van der Waals surface area contributed by atoms with Gasteiger partial charge in [0.05, 0.1) is 41.3 Å². The lowest BCUT2D eigenvalue weighted by Gasteiger charge is -2.37. The van der Waals surface area contributed by atoms with E-state index in [4.69, 9.17) is 26.6 Å². The van der Waals surface area contributed by atoms with Crippen LogP contribution in [-0.4, -0.2) is 71.7 Å². The molecule has 4 heterocycles. The average Bonchev–Trinajstić information content (AvgIpc) is 3.09. The average molecular weight is 716 g/mol. The minimum atomic E-state index is -4.02. The number of rotatable bonds is 9. The number of piperidine rings is 2. The summed E-state index contributed by atoms with van der Waals surface area (Å²) >= 11 is 5.88. The van der Waals surface area contributed by atoms with Gasteiger partial charge in [0, 0.05) is 38.1 Å². The lowest BCUT2D eigenvalue weighted by atomic mass is 9.85. The van der Waals surface area contributed by atoms with Crippen molar-refractivity contribution < 1.29 is 26.5 Å². The summed E-state index contributed by atoms with van der Waals surface area (Å²) in [4.78, 5) is 21.6. The van der Waals surface area contributed by atoms with Crippen LogP contribution < -0.4 is 20.3 Å². The van der Waals surface area contributed by atoms with Crippen LogP contribution in [0.3, 0.4) is 0 Å². The summed E-state index contributed by atoms with van der Waals surface area (Å²) in [6, 6.07) is 9.16. The van der Waals surface area contributed by atoms with Gasteiger partial charge in [0.1, 0.15) is 11.6 Å². The maximum Gasteiger partial charge on any atom is 0.294 e. The maximum absolute atomic E-state index is 14.2. The molecule has 0 amide bonds. The molecule has 2 saturated heterocycles. The summed E-state index contributed by atoms with van der Waals surface area (Å²) in [5.74, 6) is 1.47. The molecule has 2 atom stereocenters. The van der Waals surface area contributed by atoms with Crippen LogP contribution >= 0.6 is 11.6 Å². The highest BCUT2D eigenvalue weighted by Crippen LogP contribution is 2.31. The molecule has 0 spiro atoms. The van der Waals surface area contributed by atoms with Crippen LogP contribution in [0.4, 0.5) is 20.7 Å². The van der Waals surface area contributed by atoms with E-state index in [0.717, 1.165) is 62.4 Å². The lowest BCUT2D eigenvalue weighted by Crippen LogP contribution is -2.48. The lowest BCUT2D eigenvalue weighted by molar-refractivity contribution is 0.277. The number of nitrogens with two attached hydrogens (primary N) is 1. The number of hydrogen-bond acceptors (Lipinski definition) is 10. The Morgan fingerprint density at radius 3 is 2.16 bits per heavy atom. The van der Waals surface area contributed by atoms with Crippen LogP contribution in [0.2, 0.25) is 5.02 Å². The molecule has 3 N–H and O–H groups in total. The summed E-state index contributed by atoms with van der Waals surface area (Å²) in [5.41, 5.74) is 7.64. The molecule has 0 bridgehead atoms. The van der Waals surface area contributed by atoms with Gasteiger partial charge in [-0.1, -0.05) is 29.3 Å². The molecule has 0 saturated carbocycles. The van der Waals surface area contributed by atoms with E-state index in [1.807, 2.05) is 11.8 Å². The van der Waals surface area contributed by atoms with Crippen molar-refractivity contribution in [3.05, 3.63) is 95.0 Å². The number of halogens is 3. The quantitative estimate of drug-likeness (QED) is 0.159. The highest BCUT2D eigenvalue weighted by molar-refractivity contribution is 7.85. The number of nitrogens with zero attached hydrogens (tertiary/aromatic N) is 6. The minimum Gasteiger partial charge on any atom is -0.490 e. The Bertz CT molecular complexity index is 1760. The van der Waals surface area contributed by atoms with Crippen LogP contribution in [0, 0.1) is 24.5 Å². The molecule has 11 nitrogen and oxygen atoms in total. The van der Waals surface area contributed by atoms with Crippen molar-refractivity contribution >= 4 is 33.6 Å². The van der Waals surface area contributed by atoms with E-state index in [2.05, 4.69) is 24.8 Å². The van der Waals surface area contributed by atoms with Gasteiger partial charge >= 0.3 is 0 Å². The molecule has 2 aromatic carbocycles. The van der Waals surface area contributed by atoms with Gasteiger partial charge in [-0.3, -0.25) is 4.55 Å².